The van der Waals surface area contributed by atoms with Crippen molar-refractivity contribution in [3.05, 3.63) is 52.2 Å². The van der Waals surface area contributed by atoms with Gasteiger partial charge < -0.3 is 19.5 Å². The molecule has 1 fully saturated rings. The van der Waals surface area contributed by atoms with Crippen molar-refractivity contribution in [3.63, 3.8) is 0 Å². The maximum atomic E-state index is 12.9. The van der Waals surface area contributed by atoms with Crippen molar-refractivity contribution in [1.82, 2.24) is 35.6 Å². The molecule has 0 bridgehead atoms. The number of nitrogens with zero attached hydrogens (tertiary/aromatic N) is 6. The van der Waals surface area contributed by atoms with Crippen LogP contribution in [0.4, 0.5) is 11.6 Å². The van der Waals surface area contributed by atoms with E-state index in [-0.39, 0.29) is 17.2 Å². The van der Waals surface area contributed by atoms with Crippen molar-refractivity contribution >= 4 is 28.6 Å². The average Bonchev–Trinajstić information content (AvgIpc) is 3.40. The van der Waals surface area contributed by atoms with Crippen LogP contribution in [0, 0.1) is 0 Å². The first-order valence-electron chi connectivity index (χ1n) is 13.4. The first-order valence-corrected chi connectivity index (χ1v) is 13.4. The zero-order chi connectivity index (χ0) is 28.2. The molecule has 0 spiro atoms. The van der Waals surface area contributed by atoms with Gasteiger partial charge in [-0.25, -0.2) is 20.4 Å². The number of aromatic nitrogens is 6. The molecule has 1 amide bonds. The van der Waals surface area contributed by atoms with E-state index in [4.69, 9.17) is 14.9 Å². The third kappa shape index (κ3) is 5.32. The summed E-state index contributed by atoms with van der Waals surface area (Å²) in [5.41, 5.74) is 4.92. The predicted octanol–water partition coefficient (Wildman–Crippen LogP) is 2.68. The van der Waals surface area contributed by atoms with Crippen molar-refractivity contribution in [2.45, 2.75) is 45.6 Å². The van der Waals surface area contributed by atoms with Crippen molar-refractivity contribution in [2.75, 3.05) is 36.5 Å². The van der Waals surface area contributed by atoms with Gasteiger partial charge >= 0.3 is 0 Å². The van der Waals surface area contributed by atoms with Gasteiger partial charge in [-0.05, 0) is 44.4 Å². The number of hydrogen-bond acceptors (Lipinski definition) is 10. The molecule has 40 heavy (non-hydrogen) atoms. The van der Waals surface area contributed by atoms with Crippen LogP contribution in [0.1, 0.15) is 49.2 Å². The van der Waals surface area contributed by atoms with E-state index in [1.54, 1.807) is 5.48 Å². The Morgan fingerprint density at radius 1 is 1.20 bits per heavy atom. The van der Waals surface area contributed by atoms with E-state index in [1.807, 2.05) is 25.1 Å². The van der Waals surface area contributed by atoms with Gasteiger partial charge in [0.25, 0.3) is 11.5 Å². The number of amides is 1. The summed E-state index contributed by atoms with van der Waals surface area (Å²) in [6, 6.07) is 6.21. The average molecular weight is 548 g/mol. The number of hydrogen-bond donors (Lipinski definition) is 4. The van der Waals surface area contributed by atoms with Gasteiger partial charge in [-0.2, -0.15) is 5.10 Å². The fourth-order valence-electron chi connectivity index (χ4n) is 5.04. The number of rotatable bonds is 9. The monoisotopic (exact) mass is 547 g/mol. The van der Waals surface area contributed by atoms with Crippen molar-refractivity contribution in [1.29, 1.82) is 0 Å². The van der Waals surface area contributed by atoms with Gasteiger partial charge in [-0.3, -0.25) is 19.9 Å². The van der Waals surface area contributed by atoms with E-state index in [1.165, 1.54) is 12.4 Å². The number of aromatic amines is 2. The fraction of sp³-hybridized carbons (Fsp3) is 0.407. The molecule has 13 nitrogen and oxygen atoms in total. The number of nitrogens with one attached hydrogen (secondary N) is 3. The molecule has 1 saturated heterocycles. The van der Waals surface area contributed by atoms with Gasteiger partial charge in [0.1, 0.15) is 17.1 Å². The summed E-state index contributed by atoms with van der Waals surface area (Å²) in [4.78, 5) is 45.0. The van der Waals surface area contributed by atoms with Crippen molar-refractivity contribution in [3.8, 4) is 17.1 Å². The molecule has 1 aliphatic rings. The SMILES string of the molecule is CCCc1[nH]nc2c(=O)[nH]c(-c3cc(N(C)C4CCN(c5ncc(C(=O)NO)cn5)CC4)ccc3OCC)nc12. The van der Waals surface area contributed by atoms with Gasteiger partial charge in [0.15, 0.2) is 5.52 Å². The molecule has 0 aliphatic carbocycles. The van der Waals surface area contributed by atoms with Crippen LogP contribution in [0.25, 0.3) is 22.4 Å². The number of benzene rings is 1. The molecule has 3 aromatic heterocycles. The Labute approximate surface area is 230 Å². The lowest BCUT2D eigenvalue weighted by molar-refractivity contribution is 0.0705. The van der Waals surface area contributed by atoms with Crippen LogP contribution in [0.15, 0.2) is 35.4 Å². The van der Waals surface area contributed by atoms with Crippen molar-refractivity contribution < 1.29 is 14.7 Å². The highest BCUT2D eigenvalue weighted by Crippen LogP contribution is 2.34. The number of fused-ring (bicyclic) bond motifs is 1. The molecule has 210 valence electrons. The smallest absolute Gasteiger partial charge is 0.279 e. The quantitative estimate of drug-likeness (QED) is 0.181. The van der Waals surface area contributed by atoms with Crippen LogP contribution < -0.4 is 25.6 Å². The number of H-pyrrole nitrogens is 2. The molecular formula is C27H33N9O4. The summed E-state index contributed by atoms with van der Waals surface area (Å²) in [7, 11) is 2.06. The standard InChI is InChI=1S/C27H33N9O4/c1-4-6-20-22-23(33-32-20)26(38)31-24(30-22)19-13-18(7-8-21(19)40-5-2)35(3)17-9-11-36(12-10-17)27-28-14-16(15-29-27)25(37)34-39/h7-8,13-15,17,39H,4-6,9-12H2,1-3H3,(H,32,33)(H,34,37)(H,30,31,38). The van der Waals surface area contributed by atoms with E-state index in [0.717, 1.165) is 50.2 Å². The minimum Gasteiger partial charge on any atom is -0.493 e. The molecule has 0 saturated carbocycles. The van der Waals surface area contributed by atoms with E-state index in [0.29, 0.717) is 40.7 Å². The number of anilines is 2. The minimum absolute atomic E-state index is 0.191. The number of ether oxygens (including phenoxy) is 1. The molecule has 1 aliphatic heterocycles. The summed E-state index contributed by atoms with van der Waals surface area (Å²) in [6.07, 6.45) is 6.20. The second-order valence-electron chi connectivity index (χ2n) is 9.72. The zero-order valence-corrected chi connectivity index (χ0v) is 22.8. The maximum absolute atomic E-state index is 12.9. The van der Waals surface area contributed by atoms with E-state index in [9.17, 15) is 9.59 Å². The fourth-order valence-corrected chi connectivity index (χ4v) is 5.04. The van der Waals surface area contributed by atoms with E-state index in [2.05, 4.69) is 48.9 Å². The highest BCUT2D eigenvalue weighted by molar-refractivity contribution is 5.92. The molecule has 4 N–H and O–H groups in total. The molecule has 4 heterocycles. The molecule has 5 rings (SSSR count). The summed E-state index contributed by atoms with van der Waals surface area (Å²) in [5, 5.41) is 15.9. The van der Waals surface area contributed by atoms with E-state index < -0.39 is 5.91 Å². The topological polar surface area (TPSA) is 165 Å². The van der Waals surface area contributed by atoms with Crippen molar-refractivity contribution in [2.24, 2.45) is 0 Å². The van der Waals surface area contributed by atoms with Crippen LogP contribution in [0.2, 0.25) is 0 Å². The molecular weight excluding hydrogens is 514 g/mol. The summed E-state index contributed by atoms with van der Waals surface area (Å²) < 4.78 is 5.91. The number of carbonyl (C=O) groups excluding carboxylic acids is 1. The van der Waals surface area contributed by atoms with E-state index >= 15 is 0 Å². The second-order valence-corrected chi connectivity index (χ2v) is 9.72. The number of piperidine rings is 1. The summed E-state index contributed by atoms with van der Waals surface area (Å²) in [6.45, 7) is 5.96. The van der Waals surface area contributed by atoms with Crippen LogP contribution in [-0.2, 0) is 6.42 Å². The Bertz CT molecular complexity index is 1540. The Hall–Kier alpha value is -4.52. The molecule has 0 atom stereocenters. The van der Waals surface area contributed by atoms with Crippen LogP contribution >= 0.6 is 0 Å². The minimum atomic E-state index is -0.646. The normalized spacial score (nSPS) is 13.9. The van der Waals surface area contributed by atoms with Crippen LogP contribution in [-0.4, -0.2) is 74.0 Å². The predicted molar refractivity (Wildman–Crippen MR) is 150 cm³/mol. The number of aryl methyl sites for hydroxylation is 1. The van der Waals surface area contributed by atoms with Crippen LogP contribution in [0.5, 0.6) is 5.75 Å². The lowest BCUT2D eigenvalue weighted by Crippen LogP contribution is -2.44. The molecule has 0 radical (unpaired) electrons. The first-order chi connectivity index (χ1) is 19.4. The Morgan fingerprint density at radius 2 is 1.95 bits per heavy atom. The summed E-state index contributed by atoms with van der Waals surface area (Å²) >= 11 is 0. The largest absolute Gasteiger partial charge is 0.493 e. The zero-order valence-electron chi connectivity index (χ0n) is 22.8. The highest BCUT2D eigenvalue weighted by Gasteiger charge is 2.25. The lowest BCUT2D eigenvalue weighted by Gasteiger charge is -2.38. The highest BCUT2D eigenvalue weighted by atomic mass is 16.5. The van der Waals surface area contributed by atoms with Crippen LogP contribution in [0.3, 0.4) is 0 Å². The molecule has 13 heteroatoms. The van der Waals surface area contributed by atoms with Gasteiger partial charge in [0, 0.05) is 44.3 Å². The molecule has 1 aromatic carbocycles. The molecule has 0 unspecified atom stereocenters. The maximum Gasteiger partial charge on any atom is 0.279 e. The van der Waals surface area contributed by atoms with Gasteiger partial charge in [-0.15, -0.1) is 0 Å². The Balaban J connectivity index is 1.37. The second kappa shape index (κ2) is 11.7. The third-order valence-corrected chi connectivity index (χ3v) is 7.21. The Kier molecular flexibility index (Phi) is 7.91. The third-order valence-electron chi connectivity index (χ3n) is 7.21. The first kappa shape index (κ1) is 27.1. The van der Waals surface area contributed by atoms with Gasteiger partial charge in [0.2, 0.25) is 5.95 Å². The number of hydroxylamine groups is 1. The Morgan fingerprint density at radius 3 is 2.62 bits per heavy atom. The molecule has 4 aromatic rings. The lowest BCUT2D eigenvalue weighted by atomic mass is 10.0. The van der Waals surface area contributed by atoms with Gasteiger partial charge in [0.05, 0.1) is 23.4 Å². The van der Waals surface area contributed by atoms with Gasteiger partial charge in [-0.1, -0.05) is 13.3 Å². The summed E-state index contributed by atoms with van der Waals surface area (Å²) in [5.74, 6) is 0.992. The number of carbonyl (C=O) groups is 1.